The minimum absolute atomic E-state index is 0.0226. The van der Waals surface area contributed by atoms with Crippen molar-refractivity contribution in [2.45, 2.75) is 32.1 Å². The van der Waals surface area contributed by atoms with Gasteiger partial charge in [-0.2, -0.15) is 0 Å². The summed E-state index contributed by atoms with van der Waals surface area (Å²) in [6.07, 6.45) is 3.14. The second-order valence-corrected chi connectivity index (χ2v) is 5.41. The third-order valence-electron chi connectivity index (χ3n) is 3.89. The first-order chi connectivity index (χ1) is 9.65. The van der Waals surface area contributed by atoms with Crippen LogP contribution in [0.4, 0.5) is 0 Å². The van der Waals surface area contributed by atoms with Crippen molar-refractivity contribution in [3.05, 3.63) is 35.9 Å². The van der Waals surface area contributed by atoms with Gasteiger partial charge in [0.05, 0.1) is 6.42 Å². The number of aliphatic carboxylic acids is 1. The minimum atomic E-state index is -0.905. The molecule has 1 saturated heterocycles. The van der Waals surface area contributed by atoms with E-state index in [1.54, 1.807) is 0 Å². The van der Waals surface area contributed by atoms with Crippen molar-refractivity contribution in [2.24, 2.45) is 5.92 Å². The molecule has 1 N–H and O–H groups in total. The molecule has 4 heteroatoms. The normalized spacial score (nSPS) is 16.1. The largest absolute Gasteiger partial charge is 0.481 e. The standard InChI is InChI=1S/C16H21NO3/c18-15(6-7-16(19)20)17-10-8-14(9-11-17)12-13-4-2-1-3-5-13/h1-5,14H,6-12H2,(H,19,20). The number of nitrogens with zero attached hydrogens (tertiary/aromatic N) is 1. The third kappa shape index (κ3) is 4.37. The van der Waals surface area contributed by atoms with Crippen LogP contribution in [-0.2, 0) is 16.0 Å². The van der Waals surface area contributed by atoms with Crippen LogP contribution in [0.5, 0.6) is 0 Å². The van der Waals surface area contributed by atoms with Gasteiger partial charge in [-0.3, -0.25) is 9.59 Å². The molecule has 4 nitrogen and oxygen atoms in total. The van der Waals surface area contributed by atoms with Crippen LogP contribution in [0.1, 0.15) is 31.2 Å². The minimum Gasteiger partial charge on any atom is -0.481 e. The second-order valence-electron chi connectivity index (χ2n) is 5.41. The van der Waals surface area contributed by atoms with Crippen LogP contribution in [0.15, 0.2) is 30.3 Å². The van der Waals surface area contributed by atoms with E-state index in [-0.39, 0.29) is 18.7 Å². The molecule has 1 aromatic rings. The molecule has 1 amide bonds. The molecule has 0 bridgehead atoms. The Kier molecular flexibility index (Phi) is 5.16. The number of piperidine rings is 1. The Morgan fingerprint density at radius 1 is 1.10 bits per heavy atom. The van der Waals surface area contributed by atoms with Crippen molar-refractivity contribution < 1.29 is 14.7 Å². The predicted octanol–water partition coefficient (Wildman–Crippen LogP) is 2.33. The number of hydrogen-bond donors (Lipinski definition) is 1. The van der Waals surface area contributed by atoms with Crippen LogP contribution >= 0.6 is 0 Å². The van der Waals surface area contributed by atoms with Crippen LogP contribution in [0.2, 0.25) is 0 Å². The quantitative estimate of drug-likeness (QED) is 0.897. The molecular formula is C16H21NO3. The monoisotopic (exact) mass is 275 g/mol. The lowest BCUT2D eigenvalue weighted by Gasteiger charge is -2.32. The number of carboxylic acids is 1. The summed E-state index contributed by atoms with van der Waals surface area (Å²) in [5.41, 5.74) is 1.35. The van der Waals surface area contributed by atoms with Crippen LogP contribution in [0.3, 0.4) is 0 Å². The molecule has 0 unspecified atom stereocenters. The smallest absolute Gasteiger partial charge is 0.303 e. The maximum atomic E-state index is 11.8. The number of carboxylic acid groups (broad SMARTS) is 1. The highest BCUT2D eigenvalue weighted by Crippen LogP contribution is 2.22. The van der Waals surface area contributed by atoms with Crippen molar-refractivity contribution in [1.82, 2.24) is 4.90 Å². The summed E-state index contributed by atoms with van der Waals surface area (Å²) in [6.45, 7) is 1.52. The second kappa shape index (κ2) is 7.08. The van der Waals surface area contributed by atoms with Crippen LogP contribution < -0.4 is 0 Å². The summed E-state index contributed by atoms with van der Waals surface area (Å²) in [7, 11) is 0. The van der Waals surface area contributed by atoms with Gasteiger partial charge in [0, 0.05) is 19.5 Å². The molecule has 1 fully saturated rings. The summed E-state index contributed by atoms with van der Waals surface area (Å²) in [5.74, 6) is -0.302. The van der Waals surface area contributed by atoms with Gasteiger partial charge in [-0.25, -0.2) is 0 Å². The lowest BCUT2D eigenvalue weighted by atomic mass is 9.90. The fraction of sp³-hybridized carbons (Fsp3) is 0.500. The van der Waals surface area contributed by atoms with Gasteiger partial charge >= 0.3 is 5.97 Å². The molecule has 0 saturated carbocycles. The maximum Gasteiger partial charge on any atom is 0.303 e. The first-order valence-electron chi connectivity index (χ1n) is 7.18. The van der Waals surface area contributed by atoms with Crippen molar-refractivity contribution in [2.75, 3.05) is 13.1 Å². The summed E-state index contributed by atoms with van der Waals surface area (Å²) >= 11 is 0. The Hall–Kier alpha value is -1.84. The SMILES string of the molecule is O=C(O)CCC(=O)N1CCC(Cc2ccccc2)CC1. The molecule has 1 heterocycles. The van der Waals surface area contributed by atoms with Crippen LogP contribution in [0, 0.1) is 5.92 Å². The van der Waals surface area contributed by atoms with E-state index in [2.05, 4.69) is 24.3 Å². The van der Waals surface area contributed by atoms with Crippen LogP contribution in [0.25, 0.3) is 0 Å². The molecule has 0 spiro atoms. The first kappa shape index (κ1) is 14.6. The Morgan fingerprint density at radius 2 is 1.75 bits per heavy atom. The number of hydrogen-bond acceptors (Lipinski definition) is 2. The maximum absolute atomic E-state index is 11.8. The Bertz CT molecular complexity index is 450. The molecule has 1 aliphatic rings. The molecule has 108 valence electrons. The van der Waals surface area contributed by atoms with Gasteiger partial charge in [0.2, 0.25) is 5.91 Å². The zero-order valence-electron chi connectivity index (χ0n) is 11.6. The average Bonchev–Trinajstić information content (AvgIpc) is 2.46. The number of likely N-dealkylation sites (tertiary alicyclic amines) is 1. The van der Waals surface area contributed by atoms with E-state index in [0.29, 0.717) is 5.92 Å². The number of carbonyl (C=O) groups excluding carboxylic acids is 1. The summed E-state index contributed by atoms with van der Waals surface area (Å²) in [5, 5.41) is 8.60. The van der Waals surface area contributed by atoms with Gasteiger partial charge in [-0.1, -0.05) is 30.3 Å². The van der Waals surface area contributed by atoms with Gasteiger partial charge in [0.25, 0.3) is 0 Å². The third-order valence-corrected chi connectivity index (χ3v) is 3.89. The molecule has 0 atom stereocenters. The van der Waals surface area contributed by atoms with Gasteiger partial charge in [-0.15, -0.1) is 0 Å². The van der Waals surface area contributed by atoms with Gasteiger partial charge in [0.1, 0.15) is 0 Å². The van der Waals surface area contributed by atoms with E-state index in [1.165, 1.54) is 5.56 Å². The zero-order valence-corrected chi connectivity index (χ0v) is 11.6. The van der Waals surface area contributed by atoms with Crippen molar-refractivity contribution in [3.8, 4) is 0 Å². The van der Waals surface area contributed by atoms with E-state index in [4.69, 9.17) is 5.11 Å². The van der Waals surface area contributed by atoms with Crippen molar-refractivity contribution in [3.63, 3.8) is 0 Å². The zero-order chi connectivity index (χ0) is 14.4. The van der Waals surface area contributed by atoms with E-state index in [9.17, 15) is 9.59 Å². The fourth-order valence-corrected chi connectivity index (χ4v) is 2.71. The Balaban J connectivity index is 1.75. The van der Waals surface area contributed by atoms with E-state index in [1.807, 2.05) is 11.0 Å². The molecule has 20 heavy (non-hydrogen) atoms. The summed E-state index contributed by atoms with van der Waals surface area (Å²) in [4.78, 5) is 24.1. The molecule has 1 aromatic carbocycles. The number of carbonyl (C=O) groups is 2. The van der Waals surface area contributed by atoms with Crippen molar-refractivity contribution in [1.29, 1.82) is 0 Å². The molecular weight excluding hydrogens is 254 g/mol. The predicted molar refractivity (Wildman–Crippen MR) is 76.3 cm³/mol. The van der Waals surface area contributed by atoms with Gasteiger partial charge < -0.3 is 10.0 Å². The lowest BCUT2D eigenvalue weighted by Crippen LogP contribution is -2.39. The van der Waals surface area contributed by atoms with E-state index in [0.717, 1.165) is 32.4 Å². The summed E-state index contributed by atoms with van der Waals surface area (Å²) < 4.78 is 0. The lowest BCUT2D eigenvalue weighted by molar-refractivity contribution is -0.141. The van der Waals surface area contributed by atoms with Gasteiger partial charge in [0.15, 0.2) is 0 Å². The number of benzene rings is 1. The number of amides is 1. The van der Waals surface area contributed by atoms with Gasteiger partial charge in [-0.05, 0) is 30.7 Å². The van der Waals surface area contributed by atoms with Crippen LogP contribution in [-0.4, -0.2) is 35.0 Å². The highest BCUT2D eigenvalue weighted by molar-refractivity contribution is 5.80. The molecule has 0 aromatic heterocycles. The fourth-order valence-electron chi connectivity index (χ4n) is 2.71. The first-order valence-corrected chi connectivity index (χ1v) is 7.18. The number of rotatable bonds is 5. The highest BCUT2D eigenvalue weighted by Gasteiger charge is 2.22. The Labute approximate surface area is 119 Å². The highest BCUT2D eigenvalue weighted by atomic mass is 16.4. The van der Waals surface area contributed by atoms with E-state index >= 15 is 0 Å². The average molecular weight is 275 g/mol. The summed E-state index contributed by atoms with van der Waals surface area (Å²) in [6, 6.07) is 10.4. The van der Waals surface area contributed by atoms with E-state index < -0.39 is 5.97 Å². The Morgan fingerprint density at radius 3 is 2.35 bits per heavy atom. The van der Waals surface area contributed by atoms with Crippen molar-refractivity contribution >= 4 is 11.9 Å². The molecule has 0 radical (unpaired) electrons. The molecule has 1 aliphatic heterocycles. The topological polar surface area (TPSA) is 57.6 Å². The molecule has 2 rings (SSSR count). The molecule has 0 aliphatic carbocycles.